The van der Waals surface area contributed by atoms with Crippen molar-refractivity contribution in [2.45, 2.75) is 42.9 Å². The van der Waals surface area contributed by atoms with E-state index in [9.17, 15) is 20.4 Å². The van der Waals surface area contributed by atoms with Crippen molar-refractivity contribution in [1.29, 1.82) is 0 Å². The molecule has 8 heteroatoms. The fraction of sp³-hybridized carbons (Fsp3) is 1.00. The second-order valence-electron chi connectivity index (χ2n) is 4.73. The third-order valence-corrected chi connectivity index (χ3v) is 3.46. The van der Waals surface area contributed by atoms with Crippen LogP contribution in [0.1, 0.15) is 0 Å². The van der Waals surface area contributed by atoms with Crippen molar-refractivity contribution in [3.05, 3.63) is 0 Å². The van der Waals surface area contributed by atoms with E-state index in [2.05, 4.69) is 0 Å². The molecule has 0 amide bonds. The van der Waals surface area contributed by atoms with E-state index in [0.717, 1.165) is 0 Å². The quantitative estimate of drug-likeness (QED) is 0.300. The lowest BCUT2D eigenvalue weighted by atomic mass is 10.1. The molecule has 0 aliphatic carbocycles. The molecule has 7 N–H and O–H groups in total. The van der Waals surface area contributed by atoms with Gasteiger partial charge in [0.15, 0.2) is 6.29 Å². The fourth-order valence-corrected chi connectivity index (χ4v) is 2.25. The average molecular weight is 266 g/mol. The van der Waals surface area contributed by atoms with Crippen LogP contribution in [0, 0.1) is 0 Å². The van der Waals surface area contributed by atoms with Crippen molar-refractivity contribution >= 4 is 0 Å². The third kappa shape index (κ3) is 2.65. The van der Waals surface area contributed by atoms with Gasteiger partial charge in [-0.2, -0.15) is 0 Å². The normalized spacial score (nSPS) is 48.8. The summed E-state index contributed by atoms with van der Waals surface area (Å²) in [5, 5.41) is 48.7. The van der Waals surface area contributed by atoms with Gasteiger partial charge in [-0.15, -0.1) is 0 Å². The molecule has 0 aromatic heterocycles. The molecule has 2 heterocycles. The van der Waals surface area contributed by atoms with Crippen LogP contribution in [0.3, 0.4) is 0 Å². The Morgan fingerprint density at radius 3 is 2.33 bits per heavy atom. The van der Waals surface area contributed by atoms with Gasteiger partial charge >= 0.3 is 0 Å². The zero-order valence-corrected chi connectivity index (χ0v) is 9.79. The number of quaternary nitrogens is 1. The topological polar surface area (TPSA) is 136 Å². The van der Waals surface area contributed by atoms with Crippen LogP contribution in [-0.4, -0.2) is 88.1 Å². The van der Waals surface area contributed by atoms with Crippen LogP contribution in [0.4, 0.5) is 0 Å². The third-order valence-electron chi connectivity index (χ3n) is 3.46. The van der Waals surface area contributed by atoms with E-state index >= 15 is 0 Å². The predicted octanol–water partition coefficient (Wildman–Crippen LogP) is -4.89. The molecule has 2 aliphatic rings. The van der Waals surface area contributed by atoms with Gasteiger partial charge in [0, 0.05) is 0 Å². The van der Waals surface area contributed by atoms with Gasteiger partial charge in [0.2, 0.25) is 0 Å². The Morgan fingerprint density at radius 1 is 1.11 bits per heavy atom. The highest BCUT2D eigenvalue weighted by Gasteiger charge is 2.44. The van der Waals surface area contributed by atoms with Crippen LogP contribution in [0.5, 0.6) is 0 Å². The van der Waals surface area contributed by atoms with Gasteiger partial charge in [0.05, 0.1) is 6.61 Å². The van der Waals surface area contributed by atoms with Crippen LogP contribution in [0.15, 0.2) is 0 Å². The van der Waals surface area contributed by atoms with Crippen molar-refractivity contribution < 1.29 is 40.3 Å². The number of aliphatic hydroxyl groups is 5. The summed E-state index contributed by atoms with van der Waals surface area (Å²) in [5.74, 6) is 0. The van der Waals surface area contributed by atoms with E-state index < -0.39 is 43.4 Å². The van der Waals surface area contributed by atoms with Gasteiger partial charge in [-0.1, -0.05) is 0 Å². The standard InChI is InChI=1S/C10H19NO7/c12-2-6-8(15)9(16)10(18-6)17-3-4-7(14)5(13)1-11-4/h4-16H,1-3H2/p+1/t4-,5-,6-,7-,8-,9+,10+/m0/s1. The summed E-state index contributed by atoms with van der Waals surface area (Å²) < 4.78 is 10.4. The van der Waals surface area contributed by atoms with Crippen molar-refractivity contribution in [3.63, 3.8) is 0 Å². The molecule has 0 saturated carbocycles. The van der Waals surface area contributed by atoms with Gasteiger partial charge in [0.25, 0.3) is 0 Å². The van der Waals surface area contributed by atoms with E-state index in [1.54, 1.807) is 5.32 Å². The van der Waals surface area contributed by atoms with Crippen LogP contribution in [0.2, 0.25) is 0 Å². The van der Waals surface area contributed by atoms with Crippen molar-refractivity contribution in [3.8, 4) is 0 Å². The summed E-state index contributed by atoms with van der Waals surface area (Å²) in [6.45, 7) is 0.0605. The molecule has 2 saturated heterocycles. The van der Waals surface area contributed by atoms with Crippen molar-refractivity contribution in [1.82, 2.24) is 0 Å². The second kappa shape index (κ2) is 5.76. The minimum Gasteiger partial charge on any atom is -0.394 e. The second-order valence-corrected chi connectivity index (χ2v) is 4.73. The molecule has 2 rings (SSSR count). The summed E-state index contributed by atoms with van der Waals surface area (Å²) in [7, 11) is 0. The lowest BCUT2D eigenvalue weighted by Crippen LogP contribution is -2.89. The fourth-order valence-electron chi connectivity index (χ4n) is 2.25. The highest BCUT2D eigenvalue weighted by molar-refractivity contribution is 4.87. The summed E-state index contributed by atoms with van der Waals surface area (Å²) in [6, 6.07) is -0.332. The summed E-state index contributed by atoms with van der Waals surface area (Å²) in [5.41, 5.74) is 0. The molecule has 0 aromatic rings. The molecule has 2 aliphatic heterocycles. The van der Waals surface area contributed by atoms with Crippen molar-refractivity contribution in [2.75, 3.05) is 19.8 Å². The van der Waals surface area contributed by atoms with Crippen LogP contribution in [0.25, 0.3) is 0 Å². The molecule has 106 valence electrons. The molecule has 0 spiro atoms. The van der Waals surface area contributed by atoms with Gasteiger partial charge in [-0.25, -0.2) is 0 Å². The summed E-state index contributed by atoms with van der Waals surface area (Å²) in [4.78, 5) is 0. The van der Waals surface area contributed by atoms with E-state index in [4.69, 9.17) is 14.6 Å². The smallest absolute Gasteiger partial charge is 0.186 e. The highest BCUT2D eigenvalue weighted by atomic mass is 16.7. The Bertz CT molecular complexity index is 279. The number of hydrogen-bond donors (Lipinski definition) is 6. The van der Waals surface area contributed by atoms with Gasteiger partial charge in [-0.3, -0.25) is 0 Å². The molecule has 0 bridgehead atoms. The first-order chi connectivity index (χ1) is 8.54. The Balaban J connectivity index is 1.81. The SMILES string of the molecule is OC[C@@H]1O[C@@H](OC[C@@H]2[NH2+]C[C@H](O)[C@H]2O)[C@H](O)[C@H]1O. The first-order valence-electron chi connectivity index (χ1n) is 5.98. The summed E-state index contributed by atoms with van der Waals surface area (Å²) >= 11 is 0. The Hall–Kier alpha value is -0.320. The first kappa shape index (κ1) is 14.1. The van der Waals surface area contributed by atoms with Gasteiger partial charge in [0.1, 0.15) is 49.7 Å². The van der Waals surface area contributed by atoms with Crippen molar-refractivity contribution in [2.24, 2.45) is 0 Å². The zero-order valence-electron chi connectivity index (χ0n) is 9.79. The molecule has 2 fully saturated rings. The number of aliphatic hydroxyl groups excluding tert-OH is 5. The first-order valence-corrected chi connectivity index (χ1v) is 5.98. The predicted molar refractivity (Wildman–Crippen MR) is 56.3 cm³/mol. The molecule has 0 aromatic carbocycles. The summed E-state index contributed by atoms with van der Waals surface area (Å²) in [6.07, 6.45) is -6.00. The Kier molecular flexibility index (Phi) is 4.51. The van der Waals surface area contributed by atoms with E-state index in [1.165, 1.54) is 0 Å². The zero-order chi connectivity index (χ0) is 13.3. The maximum absolute atomic E-state index is 9.62. The minimum absolute atomic E-state index is 0.0742. The van der Waals surface area contributed by atoms with Crippen LogP contribution >= 0.6 is 0 Å². The number of rotatable bonds is 4. The van der Waals surface area contributed by atoms with E-state index in [-0.39, 0.29) is 12.6 Å². The van der Waals surface area contributed by atoms with Crippen LogP contribution in [-0.2, 0) is 9.47 Å². The molecule has 7 atom stereocenters. The number of nitrogens with two attached hydrogens (primary N) is 1. The molecule has 0 unspecified atom stereocenters. The molecular formula is C10H20NO7+. The number of ether oxygens (including phenoxy) is 2. The maximum Gasteiger partial charge on any atom is 0.186 e. The molecular weight excluding hydrogens is 246 g/mol. The Morgan fingerprint density at radius 2 is 1.83 bits per heavy atom. The monoisotopic (exact) mass is 266 g/mol. The number of hydrogen-bond acceptors (Lipinski definition) is 7. The Labute approximate surface area is 104 Å². The highest BCUT2D eigenvalue weighted by Crippen LogP contribution is 2.22. The van der Waals surface area contributed by atoms with Gasteiger partial charge in [-0.05, 0) is 0 Å². The van der Waals surface area contributed by atoms with Crippen LogP contribution < -0.4 is 5.32 Å². The minimum atomic E-state index is -1.23. The molecule has 8 nitrogen and oxygen atoms in total. The lowest BCUT2D eigenvalue weighted by molar-refractivity contribution is -0.677. The van der Waals surface area contributed by atoms with Gasteiger partial charge < -0.3 is 40.3 Å². The van der Waals surface area contributed by atoms with E-state index in [1.807, 2.05) is 0 Å². The average Bonchev–Trinajstić information content (AvgIpc) is 2.82. The molecule has 18 heavy (non-hydrogen) atoms. The largest absolute Gasteiger partial charge is 0.394 e. The maximum atomic E-state index is 9.62. The molecule has 0 radical (unpaired) electrons. The van der Waals surface area contributed by atoms with E-state index in [0.29, 0.717) is 6.54 Å². The lowest BCUT2D eigenvalue weighted by Gasteiger charge is -2.18.